The molecule has 0 heterocycles. The summed E-state index contributed by atoms with van der Waals surface area (Å²) in [4.78, 5) is 13.4. The molecule has 0 radical (unpaired) electrons. The average molecular weight is 410 g/mol. The molecule has 0 spiro atoms. The molecule has 0 aromatic heterocycles. The first kappa shape index (κ1) is 19.4. The summed E-state index contributed by atoms with van der Waals surface area (Å²) in [5.41, 5.74) is 1.30. The highest BCUT2D eigenvalue weighted by Gasteiger charge is 2.23. The van der Waals surface area contributed by atoms with E-state index in [2.05, 4.69) is 21.2 Å². The van der Waals surface area contributed by atoms with E-state index in [1.54, 1.807) is 12.1 Å². The maximum Gasteiger partial charge on any atom is 0.282 e. The molecule has 2 N–H and O–H groups in total. The van der Waals surface area contributed by atoms with Crippen LogP contribution < -0.4 is 15.0 Å². The minimum Gasteiger partial charge on any atom is -0.494 e. The zero-order chi connectivity index (χ0) is 18.4. The summed E-state index contributed by atoms with van der Waals surface area (Å²) in [7, 11) is 1.94. The number of likely N-dealkylation sites (N-methyl/N-ethyl adjacent to an activating group) is 1. The molecule has 0 aliphatic heterocycles. The zero-order valence-corrected chi connectivity index (χ0v) is 16.2. The van der Waals surface area contributed by atoms with Gasteiger partial charge in [-0.25, -0.2) is 4.39 Å². The van der Waals surface area contributed by atoms with Crippen molar-refractivity contribution in [3.05, 3.63) is 58.3 Å². The lowest BCUT2D eigenvalue weighted by molar-refractivity contribution is -0.907. The Bertz CT molecular complexity index is 722. The lowest BCUT2D eigenvalue weighted by Crippen LogP contribution is -3.12. The molecular weight excluding hydrogens is 387 g/mol. The van der Waals surface area contributed by atoms with E-state index in [0.29, 0.717) is 17.6 Å². The van der Waals surface area contributed by atoms with Crippen LogP contribution in [0.15, 0.2) is 46.9 Å². The van der Waals surface area contributed by atoms with Gasteiger partial charge >= 0.3 is 0 Å². The maximum absolute atomic E-state index is 13.9. The summed E-state index contributed by atoms with van der Waals surface area (Å²) in [6.45, 7) is 5.09. The molecule has 0 aliphatic rings. The van der Waals surface area contributed by atoms with Crippen molar-refractivity contribution >= 4 is 27.5 Å². The highest BCUT2D eigenvalue weighted by Crippen LogP contribution is 2.19. The van der Waals surface area contributed by atoms with E-state index in [-0.39, 0.29) is 17.6 Å². The number of nitrogens with one attached hydrogen (secondary N) is 2. The Morgan fingerprint density at radius 2 is 1.96 bits per heavy atom. The fourth-order valence-electron chi connectivity index (χ4n) is 2.40. The highest BCUT2D eigenvalue weighted by molar-refractivity contribution is 9.10. The average Bonchev–Trinajstić information content (AvgIpc) is 2.58. The van der Waals surface area contributed by atoms with Gasteiger partial charge in [0.15, 0.2) is 6.04 Å². The van der Waals surface area contributed by atoms with Crippen molar-refractivity contribution in [3.63, 3.8) is 0 Å². The zero-order valence-electron chi connectivity index (χ0n) is 14.6. The third kappa shape index (κ3) is 5.54. The number of hydrogen-bond donors (Lipinski definition) is 2. The van der Waals surface area contributed by atoms with Crippen molar-refractivity contribution in [3.8, 4) is 5.75 Å². The molecule has 2 aromatic carbocycles. The van der Waals surface area contributed by atoms with E-state index in [4.69, 9.17) is 4.74 Å². The van der Waals surface area contributed by atoms with Crippen LogP contribution in [-0.4, -0.2) is 25.6 Å². The molecule has 0 bridgehead atoms. The summed E-state index contributed by atoms with van der Waals surface area (Å²) in [6, 6.07) is 12.1. The van der Waals surface area contributed by atoms with E-state index in [1.165, 1.54) is 6.07 Å². The molecule has 2 atom stereocenters. The minimum absolute atomic E-state index is 0.189. The number of benzene rings is 2. The first-order valence-corrected chi connectivity index (χ1v) is 9.00. The monoisotopic (exact) mass is 409 g/mol. The Morgan fingerprint density at radius 1 is 1.28 bits per heavy atom. The first-order valence-electron chi connectivity index (χ1n) is 8.20. The molecule has 0 saturated heterocycles. The molecular formula is C19H23BrFN2O2+. The van der Waals surface area contributed by atoms with Crippen LogP contribution in [0.3, 0.4) is 0 Å². The van der Waals surface area contributed by atoms with Crippen LogP contribution in [0.5, 0.6) is 5.75 Å². The van der Waals surface area contributed by atoms with Gasteiger partial charge in [-0.3, -0.25) is 4.79 Å². The van der Waals surface area contributed by atoms with Gasteiger partial charge < -0.3 is 15.0 Å². The number of ether oxygens (including phenoxy) is 1. The Balaban J connectivity index is 1.96. The third-order valence-electron chi connectivity index (χ3n) is 4.04. The predicted octanol–water partition coefficient (Wildman–Crippen LogP) is 3.03. The van der Waals surface area contributed by atoms with Crippen LogP contribution in [0.4, 0.5) is 10.1 Å². The number of carbonyl (C=O) groups excluding carboxylic acids is 1. The molecule has 1 amide bonds. The van der Waals surface area contributed by atoms with Crippen LogP contribution in [-0.2, 0) is 11.3 Å². The van der Waals surface area contributed by atoms with Crippen LogP contribution in [0.1, 0.15) is 19.4 Å². The second-order valence-electron chi connectivity index (χ2n) is 5.94. The molecule has 134 valence electrons. The van der Waals surface area contributed by atoms with Crippen molar-refractivity contribution < 1.29 is 18.8 Å². The number of quaternary nitrogens is 1. The maximum atomic E-state index is 13.9. The van der Waals surface area contributed by atoms with Gasteiger partial charge in [-0.2, -0.15) is 0 Å². The quantitative estimate of drug-likeness (QED) is 0.737. The van der Waals surface area contributed by atoms with Gasteiger partial charge in [0, 0.05) is 10.0 Å². The van der Waals surface area contributed by atoms with Gasteiger partial charge in [0.2, 0.25) is 0 Å². The number of hydrogen-bond acceptors (Lipinski definition) is 2. The Labute approximate surface area is 156 Å². The van der Waals surface area contributed by atoms with Crippen LogP contribution in [0.2, 0.25) is 0 Å². The van der Waals surface area contributed by atoms with Crippen molar-refractivity contribution in [1.29, 1.82) is 0 Å². The fraction of sp³-hybridized carbons (Fsp3) is 0.316. The molecule has 0 fully saturated rings. The lowest BCUT2D eigenvalue weighted by Gasteiger charge is -2.21. The minimum atomic E-state index is -0.459. The highest BCUT2D eigenvalue weighted by atomic mass is 79.9. The summed E-state index contributed by atoms with van der Waals surface area (Å²) in [5.74, 6) is 0.157. The van der Waals surface area contributed by atoms with Gasteiger partial charge in [0.05, 0.1) is 19.3 Å². The van der Waals surface area contributed by atoms with Crippen LogP contribution in [0, 0.1) is 5.82 Å². The van der Waals surface area contributed by atoms with Crippen molar-refractivity contribution in [1.82, 2.24) is 0 Å². The Hall–Kier alpha value is -1.92. The SMILES string of the molecule is CCOc1ccc(C[NH+](C)[C@H](C)C(=O)Nc2ccc(Br)cc2F)cc1. The van der Waals surface area contributed by atoms with Crippen LogP contribution in [0.25, 0.3) is 0 Å². The molecule has 0 aliphatic carbocycles. The number of halogens is 2. The second kappa shape index (κ2) is 8.97. The summed E-state index contributed by atoms with van der Waals surface area (Å²) < 4.78 is 19.9. The van der Waals surface area contributed by atoms with E-state index in [1.807, 2.05) is 45.2 Å². The van der Waals surface area contributed by atoms with Crippen molar-refractivity contribution in [2.24, 2.45) is 0 Å². The summed E-state index contributed by atoms with van der Waals surface area (Å²) in [6.07, 6.45) is 0. The van der Waals surface area contributed by atoms with Crippen molar-refractivity contribution in [2.75, 3.05) is 19.0 Å². The lowest BCUT2D eigenvalue weighted by atomic mass is 10.1. The largest absolute Gasteiger partial charge is 0.494 e. The third-order valence-corrected chi connectivity index (χ3v) is 4.53. The Morgan fingerprint density at radius 3 is 2.56 bits per heavy atom. The van der Waals surface area contributed by atoms with Gasteiger partial charge in [-0.05, 0) is 56.3 Å². The molecule has 4 nitrogen and oxygen atoms in total. The Kier molecular flexibility index (Phi) is 6.96. The van der Waals surface area contributed by atoms with Crippen LogP contribution >= 0.6 is 15.9 Å². The van der Waals surface area contributed by atoms with Gasteiger partial charge in [-0.1, -0.05) is 15.9 Å². The number of anilines is 1. The standard InChI is InChI=1S/C19H22BrFN2O2/c1-4-25-16-8-5-14(6-9-16)12-23(3)13(2)19(24)22-18-10-7-15(20)11-17(18)21/h5-11,13H,4,12H2,1-3H3,(H,22,24)/p+1/t13-/m1/s1. The van der Waals surface area contributed by atoms with E-state index >= 15 is 0 Å². The van der Waals surface area contributed by atoms with Gasteiger partial charge in [-0.15, -0.1) is 0 Å². The number of rotatable bonds is 7. The molecule has 6 heteroatoms. The van der Waals surface area contributed by atoms with E-state index in [9.17, 15) is 9.18 Å². The molecule has 0 saturated carbocycles. The second-order valence-corrected chi connectivity index (χ2v) is 6.85. The predicted molar refractivity (Wildman–Crippen MR) is 100 cm³/mol. The summed E-state index contributed by atoms with van der Waals surface area (Å²) >= 11 is 3.20. The number of amides is 1. The molecule has 1 unspecified atom stereocenters. The summed E-state index contributed by atoms with van der Waals surface area (Å²) in [5, 5.41) is 2.65. The normalized spacial score (nSPS) is 13.2. The number of carbonyl (C=O) groups is 1. The smallest absolute Gasteiger partial charge is 0.282 e. The van der Waals surface area contributed by atoms with Gasteiger partial charge in [0.1, 0.15) is 18.1 Å². The molecule has 2 rings (SSSR count). The molecule has 2 aromatic rings. The van der Waals surface area contributed by atoms with E-state index in [0.717, 1.165) is 16.2 Å². The van der Waals surface area contributed by atoms with Crippen molar-refractivity contribution in [2.45, 2.75) is 26.4 Å². The topological polar surface area (TPSA) is 42.8 Å². The first-order chi connectivity index (χ1) is 11.9. The fourth-order valence-corrected chi connectivity index (χ4v) is 2.73. The van der Waals surface area contributed by atoms with Gasteiger partial charge in [0.25, 0.3) is 5.91 Å². The molecule has 25 heavy (non-hydrogen) atoms. The van der Waals surface area contributed by atoms with E-state index < -0.39 is 5.82 Å².